The summed E-state index contributed by atoms with van der Waals surface area (Å²) in [6.45, 7) is 7.92. The van der Waals surface area contributed by atoms with Crippen molar-refractivity contribution in [2.45, 2.75) is 51.6 Å². The van der Waals surface area contributed by atoms with Gasteiger partial charge in [0.1, 0.15) is 11.5 Å². The Hall–Kier alpha value is -1.70. The number of furan rings is 1. The van der Waals surface area contributed by atoms with Gasteiger partial charge in [-0.25, -0.2) is 0 Å². The van der Waals surface area contributed by atoms with Gasteiger partial charge in [-0.15, -0.1) is 24.0 Å². The van der Waals surface area contributed by atoms with E-state index >= 15 is 0 Å². The highest BCUT2D eigenvalue weighted by atomic mass is 127. The Kier molecular flexibility index (Phi) is 8.47. The summed E-state index contributed by atoms with van der Waals surface area (Å²) in [7, 11) is 0. The topological polar surface area (TPSA) is 58.8 Å². The first-order valence-corrected chi connectivity index (χ1v) is 9.49. The van der Waals surface area contributed by atoms with Crippen LogP contribution in [0.15, 0.2) is 52.1 Å². The molecule has 27 heavy (non-hydrogen) atoms. The second-order valence-electron chi connectivity index (χ2n) is 6.90. The number of benzene rings is 1. The number of fused-ring (bicyclic) bond motifs is 1. The quantitative estimate of drug-likeness (QED) is 0.350. The van der Waals surface area contributed by atoms with Gasteiger partial charge in [-0.2, -0.15) is 0 Å². The van der Waals surface area contributed by atoms with E-state index in [0.29, 0.717) is 25.1 Å². The lowest BCUT2D eigenvalue weighted by molar-refractivity contribution is 0.312. The zero-order valence-electron chi connectivity index (χ0n) is 16.3. The van der Waals surface area contributed by atoms with E-state index in [1.807, 2.05) is 24.3 Å². The fourth-order valence-electron chi connectivity index (χ4n) is 3.12. The van der Waals surface area contributed by atoms with Gasteiger partial charge in [0.15, 0.2) is 5.96 Å². The van der Waals surface area contributed by atoms with Gasteiger partial charge in [0.05, 0.1) is 12.9 Å². The maximum Gasteiger partial charge on any atom is 0.191 e. The zero-order valence-corrected chi connectivity index (χ0v) is 18.6. The Morgan fingerprint density at radius 2 is 2.00 bits per heavy atom. The fourth-order valence-corrected chi connectivity index (χ4v) is 3.12. The molecule has 0 aliphatic carbocycles. The number of aliphatic imine (C=N–C) groups is 1. The van der Waals surface area contributed by atoms with Crippen LogP contribution in [0.25, 0.3) is 0 Å². The molecule has 148 valence electrons. The van der Waals surface area contributed by atoms with Crippen molar-refractivity contribution in [3.05, 3.63) is 54.0 Å². The summed E-state index contributed by atoms with van der Waals surface area (Å²) in [5.74, 6) is 3.13. The minimum atomic E-state index is 0. The maximum atomic E-state index is 5.83. The van der Waals surface area contributed by atoms with E-state index in [2.05, 4.69) is 43.5 Å². The average Bonchev–Trinajstić information content (AvgIpc) is 3.31. The lowest BCUT2D eigenvalue weighted by Crippen LogP contribution is -2.47. The molecular weight excluding hydrogens is 453 g/mol. The van der Waals surface area contributed by atoms with E-state index in [1.54, 1.807) is 6.26 Å². The molecule has 3 unspecified atom stereocenters. The number of para-hydroxylation sites is 1. The first kappa shape index (κ1) is 21.6. The minimum Gasteiger partial charge on any atom is -0.493 e. The van der Waals surface area contributed by atoms with Crippen molar-refractivity contribution in [1.29, 1.82) is 0 Å². The van der Waals surface area contributed by atoms with Crippen molar-refractivity contribution in [1.82, 2.24) is 10.6 Å². The first-order valence-electron chi connectivity index (χ1n) is 9.49. The number of hydrogen-bond donors (Lipinski definition) is 2. The van der Waals surface area contributed by atoms with Crippen molar-refractivity contribution in [2.24, 2.45) is 4.99 Å². The summed E-state index contributed by atoms with van der Waals surface area (Å²) >= 11 is 0. The lowest BCUT2D eigenvalue weighted by atomic mass is 9.94. The number of rotatable bonds is 7. The van der Waals surface area contributed by atoms with Crippen LogP contribution in [-0.4, -0.2) is 31.2 Å². The summed E-state index contributed by atoms with van der Waals surface area (Å²) in [4.78, 5) is 4.75. The number of halogens is 1. The van der Waals surface area contributed by atoms with E-state index in [9.17, 15) is 0 Å². The largest absolute Gasteiger partial charge is 0.493 e. The summed E-state index contributed by atoms with van der Waals surface area (Å²) in [6.07, 6.45) is 3.54. The Labute approximate surface area is 179 Å². The number of guanidine groups is 1. The van der Waals surface area contributed by atoms with Gasteiger partial charge < -0.3 is 19.8 Å². The van der Waals surface area contributed by atoms with Gasteiger partial charge in [0.2, 0.25) is 0 Å². The van der Waals surface area contributed by atoms with Gasteiger partial charge in [-0.1, -0.05) is 25.1 Å². The molecule has 0 saturated heterocycles. The van der Waals surface area contributed by atoms with E-state index in [0.717, 1.165) is 30.3 Å². The third-order valence-corrected chi connectivity index (χ3v) is 4.91. The van der Waals surface area contributed by atoms with Crippen LogP contribution in [0.1, 0.15) is 44.4 Å². The molecular formula is C21H30IN3O2. The standard InChI is InChI=1S/C21H29N3O2.HI/c1-4-15(2)23-21(22-12-11-17-8-7-13-25-17)24-16(3)19-14-26-20-10-6-5-9-18(19)20;/h5-10,13,15-16,19H,4,11-12,14H2,1-3H3,(H2,22,23,24);1H. The van der Waals surface area contributed by atoms with Crippen LogP contribution in [-0.2, 0) is 6.42 Å². The van der Waals surface area contributed by atoms with Gasteiger partial charge in [0.25, 0.3) is 0 Å². The van der Waals surface area contributed by atoms with E-state index in [1.165, 1.54) is 5.56 Å². The van der Waals surface area contributed by atoms with Gasteiger partial charge in [0, 0.05) is 36.5 Å². The summed E-state index contributed by atoms with van der Waals surface area (Å²) < 4.78 is 11.2. The van der Waals surface area contributed by atoms with Crippen LogP contribution in [0, 0.1) is 0 Å². The Morgan fingerprint density at radius 1 is 1.19 bits per heavy atom. The van der Waals surface area contributed by atoms with Gasteiger partial charge in [-0.3, -0.25) is 4.99 Å². The van der Waals surface area contributed by atoms with E-state index in [4.69, 9.17) is 14.1 Å². The zero-order chi connectivity index (χ0) is 18.4. The summed E-state index contributed by atoms with van der Waals surface area (Å²) in [6, 6.07) is 12.8. The van der Waals surface area contributed by atoms with Gasteiger partial charge >= 0.3 is 0 Å². The molecule has 3 atom stereocenters. The van der Waals surface area contributed by atoms with Gasteiger partial charge in [-0.05, 0) is 38.5 Å². The number of nitrogens with zero attached hydrogens (tertiary/aromatic N) is 1. The molecule has 0 saturated carbocycles. The Balaban J connectivity index is 0.00000261. The lowest BCUT2D eigenvalue weighted by Gasteiger charge is -2.24. The predicted molar refractivity (Wildman–Crippen MR) is 120 cm³/mol. The minimum absolute atomic E-state index is 0. The highest BCUT2D eigenvalue weighted by Crippen LogP contribution is 2.35. The SMILES string of the molecule is CCC(C)NC(=NCCc1ccco1)NC(C)C1COc2ccccc21.I. The van der Waals surface area contributed by atoms with E-state index in [-0.39, 0.29) is 30.0 Å². The number of nitrogens with one attached hydrogen (secondary N) is 2. The van der Waals surface area contributed by atoms with Crippen LogP contribution in [0.2, 0.25) is 0 Å². The van der Waals surface area contributed by atoms with Crippen molar-refractivity contribution in [3.8, 4) is 5.75 Å². The average molecular weight is 483 g/mol. The molecule has 6 heteroatoms. The molecule has 2 aromatic rings. The number of hydrogen-bond acceptors (Lipinski definition) is 3. The summed E-state index contributed by atoms with van der Waals surface area (Å²) in [5.41, 5.74) is 1.27. The third kappa shape index (κ3) is 5.89. The van der Waals surface area contributed by atoms with E-state index < -0.39 is 0 Å². The van der Waals surface area contributed by atoms with Crippen LogP contribution in [0.5, 0.6) is 5.75 Å². The normalized spacial score (nSPS) is 18.0. The molecule has 1 aliphatic rings. The molecule has 2 heterocycles. The Morgan fingerprint density at radius 3 is 2.74 bits per heavy atom. The van der Waals surface area contributed by atoms with Crippen molar-refractivity contribution >= 4 is 29.9 Å². The molecule has 0 fully saturated rings. The monoisotopic (exact) mass is 483 g/mol. The highest BCUT2D eigenvalue weighted by molar-refractivity contribution is 14.0. The number of ether oxygens (including phenoxy) is 1. The van der Waals surface area contributed by atoms with Crippen molar-refractivity contribution in [2.75, 3.05) is 13.2 Å². The second-order valence-corrected chi connectivity index (χ2v) is 6.90. The Bertz CT molecular complexity index is 718. The van der Waals surface area contributed by atoms with Crippen LogP contribution >= 0.6 is 24.0 Å². The molecule has 5 nitrogen and oxygen atoms in total. The molecule has 3 rings (SSSR count). The molecule has 1 aromatic carbocycles. The third-order valence-electron chi connectivity index (χ3n) is 4.91. The second kappa shape index (κ2) is 10.6. The van der Waals surface area contributed by atoms with Crippen molar-refractivity contribution < 1.29 is 9.15 Å². The molecule has 1 aliphatic heterocycles. The highest BCUT2D eigenvalue weighted by Gasteiger charge is 2.29. The van der Waals surface area contributed by atoms with Crippen LogP contribution < -0.4 is 15.4 Å². The van der Waals surface area contributed by atoms with Crippen LogP contribution in [0.3, 0.4) is 0 Å². The fraction of sp³-hybridized carbons (Fsp3) is 0.476. The molecule has 0 amide bonds. The molecule has 0 radical (unpaired) electrons. The predicted octanol–water partition coefficient (Wildman–Crippen LogP) is 4.34. The van der Waals surface area contributed by atoms with Crippen LogP contribution in [0.4, 0.5) is 0 Å². The smallest absolute Gasteiger partial charge is 0.191 e. The molecule has 0 bridgehead atoms. The molecule has 1 aromatic heterocycles. The molecule has 2 N–H and O–H groups in total. The summed E-state index contributed by atoms with van der Waals surface area (Å²) in [5, 5.41) is 7.07. The van der Waals surface area contributed by atoms with Crippen molar-refractivity contribution in [3.63, 3.8) is 0 Å². The first-order chi connectivity index (χ1) is 12.7. The molecule has 0 spiro atoms. The maximum absolute atomic E-state index is 5.83.